The highest BCUT2D eigenvalue weighted by atomic mass is 79.9. The number of halogens is 1. The summed E-state index contributed by atoms with van der Waals surface area (Å²) in [5.74, 6) is 0. The minimum Gasteiger partial charge on any atom is -0.329 e. The van der Waals surface area contributed by atoms with Crippen molar-refractivity contribution >= 4 is 22.0 Å². The van der Waals surface area contributed by atoms with E-state index in [9.17, 15) is 4.79 Å². The average Bonchev–Trinajstić information content (AvgIpc) is 2.73. The summed E-state index contributed by atoms with van der Waals surface area (Å²) >= 11 is 3.38. The third-order valence-corrected chi connectivity index (χ3v) is 3.66. The van der Waals surface area contributed by atoms with Crippen molar-refractivity contribution in [1.29, 1.82) is 5.26 Å². The molecule has 0 saturated carbocycles. The molecule has 1 atom stereocenters. The Bertz CT molecular complexity index is 504. The fraction of sp³-hybridized carbons (Fsp3) is 0.385. The van der Waals surface area contributed by atoms with Gasteiger partial charge in [0.05, 0.1) is 12.1 Å². The van der Waals surface area contributed by atoms with Gasteiger partial charge in [0.1, 0.15) is 5.54 Å². The molecule has 18 heavy (non-hydrogen) atoms. The highest BCUT2D eigenvalue weighted by Crippen LogP contribution is 2.26. The molecule has 94 valence electrons. The molecular formula is C13H14BrN3O. The Labute approximate surface area is 115 Å². The Balaban J connectivity index is 2.19. The van der Waals surface area contributed by atoms with Crippen molar-refractivity contribution in [3.05, 3.63) is 34.3 Å². The fourth-order valence-electron chi connectivity index (χ4n) is 1.96. The quantitative estimate of drug-likeness (QED) is 0.913. The number of hydrogen-bond acceptors (Lipinski definition) is 2. The normalized spacial score (nSPS) is 19.6. The van der Waals surface area contributed by atoms with E-state index < -0.39 is 5.54 Å². The molecule has 5 heteroatoms. The number of nitriles is 1. The summed E-state index contributed by atoms with van der Waals surface area (Å²) in [5, 5.41) is 12.0. The highest BCUT2D eigenvalue weighted by molar-refractivity contribution is 9.10. The van der Waals surface area contributed by atoms with Crippen LogP contribution in [-0.2, 0) is 0 Å². The van der Waals surface area contributed by atoms with Gasteiger partial charge in [-0.3, -0.25) is 0 Å². The van der Waals surface area contributed by atoms with E-state index in [1.165, 1.54) is 0 Å². The minimum atomic E-state index is -0.784. The Morgan fingerprint density at radius 2 is 2.06 bits per heavy atom. The van der Waals surface area contributed by atoms with Crippen molar-refractivity contribution in [2.45, 2.75) is 25.4 Å². The smallest absolute Gasteiger partial charge is 0.319 e. The maximum Gasteiger partial charge on any atom is 0.319 e. The molecule has 0 bridgehead atoms. The molecule has 4 nitrogen and oxygen atoms in total. The van der Waals surface area contributed by atoms with E-state index >= 15 is 0 Å². The largest absolute Gasteiger partial charge is 0.329 e. The number of urea groups is 1. The predicted octanol–water partition coefficient (Wildman–Crippen LogP) is 2.82. The lowest BCUT2D eigenvalue weighted by Crippen LogP contribution is -2.44. The lowest BCUT2D eigenvalue weighted by molar-refractivity contribution is 0.186. The van der Waals surface area contributed by atoms with Crippen molar-refractivity contribution in [3.63, 3.8) is 0 Å². The topological polar surface area (TPSA) is 56.1 Å². The van der Waals surface area contributed by atoms with Gasteiger partial charge in [-0.15, -0.1) is 0 Å². The van der Waals surface area contributed by atoms with Crippen LogP contribution >= 0.6 is 15.9 Å². The van der Waals surface area contributed by atoms with Crippen molar-refractivity contribution in [2.24, 2.45) is 0 Å². The zero-order valence-electron chi connectivity index (χ0n) is 10.3. The molecule has 0 aliphatic carbocycles. The monoisotopic (exact) mass is 307 g/mol. The van der Waals surface area contributed by atoms with Crippen LogP contribution in [0.1, 0.15) is 25.5 Å². The third kappa shape index (κ3) is 2.34. The van der Waals surface area contributed by atoms with Gasteiger partial charge in [0.25, 0.3) is 0 Å². The SMILES string of the molecule is CC(C)(C#N)N1CC(c2ccc(Br)cc2)NC1=O. The molecular weight excluding hydrogens is 294 g/mol. The number of amides is 2. The molecule has 1 aromatic carbocycles. The molecule has 0 aromatic heterocycles. The first kappa shape index (κ1) is 12.9. The summed E-state index contributed by atoms with van der Waals surface area (Å²) in [7, 11) is 0. The van der Waals surface area contributed by atoms with Gasteiger partial charge < -0.3 is 10.2 Å². The molecule has 1 aliphatic heterocycles. The molecule has 0 radical (unpaired) electrons. The van der Waals surface area contributed by atoms with Crippen LogP contribution in [0.4, 0.5) is 4.79 Å². The van der Waals surface area contributed by atoms with E-state index in [0.717, 1.165) is 10.0 Å². The first-order chi connectivity index (χ1) is 8.44. The van der Waals surface area contributed by atoms with Crippen molar-refractivity contribution in [1.82, 2.24) is 10.2 Å². The van der Waals surface area contributed by atoms with Gasteiger partial charge in [-0.2, -0.15) is 5.26 Å². The molecule has 2 amide bonds. The van der Waals surface area contributed by atoms with E-state index in [1.54, 1.807) is 18.7 Å². The van der Waals surface area contributed by atoms with Crippen LogP contribution in [0.15, 0.2) is 28.7 Å². The van der Waals surface area contributed by atoms with Gasteiger partial charge in [-0.25, -0.2) is 4.79 Å². The average molecular weight is 308 g/mol. The van der Waals surface area contributed by atoms with Crippen molar-refractivity contribution in [3.8, 4) is 6.07 Å². The van der Waals surface area contributed by atoms with Gasteiger partial charge >= 0.3 is 6.03 Å². The van der Waals surface area contributed by atoms with Crippen molar-refractivity contribution < 1.29 is 4.79 Å². The molecule has 1 heterocycles. The maximum absolute atomic E-state index is 11.9. The number of hydrogen-bond donors (Lipinski definition) is 1. The van der Waals surface area contributed by atoms with Crippen LogP contribution in [0, 0.1) is 11.3 Å². The number of rotatable bonds is 2. The molecule has 1 aromatic rings. The summed E-state index contributed by atoms with van der Waals surface area (Å²) in [4.78, 5) is 13.5. The maximum atomic E-state index is 11.9. The van der Waals surface area contributed by atoms with Crippen LogP contribution in [-0.4, -0.2) is 23.0 Å². The summed E-state index contributed by atoms with van der Waals surface area (Å²) in [6, 6.07) is 9.74. The first-order valence-electron chi connectivity index (χ1n) is 5.69. The number of carbonyl (C=O) groups excluding carboxylic acids is 1. The molecule has 1 aliphatic rings. The van der Waals surface area contributed by atoms with Crippen LogP contribution in [0.2, 0.25) is 0 Å². The van der Waals surface area contributed by atoms with E-state index in [-0.39, 0.29) is 12.1 Å². The summed E-state index contributed by atoms with van der Waals surface area (Å²) in [6.07, 6.45) is 0. The molecule has 2 rings (SSSR count). The Kier molecular flexibility index (Phi) is 3.31. The number of nitrogens with one attached hydrogen (secondary N) is 1. The van der Waals surface area contributed by atoms with Crippen LogP contribution < -0.4 is 5.32 Å². The van der Waals surface area contributed by atoms with E-state index in [2.05, 4.69) is 27.3 Å². The van der Waals surface area contributed by atoms with Crippen molar-refractivity contribution in [2.75, 3.05) is 6.54 Å². The molecule has 0 spiro atoms. The lowest BCUT2D eigenvalue weighted by Gasteiger charge is -2.27. The summed E-state index contributed by atoms with van der Waals surface area (Å²) in [6.45, 7) is 4.01. The standard InChI is InChI=1S/C13H14BrN3O/c1-13(2,8-15)17-7-11(16-12(17)18)9-3-5-10(14)6-4-9/h3-6,11H,7H2,1-2H3,(H,16,18). The van der Waals surface area contributed by atoms with Gasteiger partial charge in [0.2, 0.25) is 0 Å². The molecule has 1 N–H and O–H groups in total. The Hall–Kier alpha value is -1.54. The highest BCUT2D eigenvalue weighted by Gasteiger charge is 2.39. The summed E-state index contributed by atoms with van der Waals surface area (Å²) < 4.78 is 1.00. The second-order valence-electron chi connectivity index (χ2n) is 4.84. The van der Waals surface area contributed by atoms with Crippen LogP contribution in [0.5, 0.6) is 0 Å². The minimum absolute atomic E-state index is 0.0572. The molecule has 1 saturated heterocycles. The second kappa shape index (κ2) is 4.62. The zero-order valence-corrected chi connectivity index (χ0v) is 11.9. The number of nitrogens with zero attached hydrogens (tertiary/aromatic N) is 2. The van der Waals surface area contributed by atoms with E-state index in [1.807, 2.05) is 24.3 Å². The van der Waals surface area contributed by atoms with Gasteiger partial charge in [0.15, 0.2) is 0 Å². The third-order valence-electron chi connectivity index (χ3n) is 3.13. The van der Waals surface area contributed by atoms with Crippen LogP contribution in [0.3, 0.4) is 0 Å². The van der Waals surface area contributed by atoms with Crippen LogP contribution in [0.25, 0.3) is 0 Å². The fourth-order valence-corrected chi connectivity index (χ4v) is 2.23. The molecule has 1 fully saturated rings. The summed E-state index contributed by atoms with van der Waals surface area (Å²) in [5.41, 5.74) is 0.261. The Morgan fingerprint density at radius 3 is 2.61 bits per heavy atom. The number of benzene rings is 1. The lowest BCUT2D eigenvalue weighted by atomic mass is 10.0. The zero-order chi connectivity index (χ0) is 13.3. The van der Waals surface area contributed by atoms with E-state index in [4.69, 9.17) is 5.26 Å². The van der Waals surface area contributed by atoms with Gasteiger partial charge in [-0.05, 0) is 31.5 Å². The van der Waals surface area contributed by atoms with Gasteiger partial charge in [0, 0.05) is 11.0 Å². The number of carbonyl (C=O) groups is 1. The Morgan fingerprint density at radius 1 is 1.44 bits per heavy atom. The predicted molar refractivity (Wildman–Crippen MR) is 71.8 cm³/mol. The molecule has 1 unspecified atom stereocenters. The second-order valence-corrected chi connectivity index (χ2v) is 5.75. The van der Waals surface area contributed by atoms with Gasteiger partial charge in [-0.1, -0.05) is 28.1 Å². The van der Waals surface area contributed by atoms with E-state index in [0.29, 0.717) is 6.54 Å². The first-order valence-corrected chi connectivity index (χ1v) is 6.48.